The van der Waals surface area contributed by atoms with E-state index in [9.17, 15) is 0 Å². The Morgan fingerprint density at radius 3 is 2.88 bits per heavy atom. The maximum Gasteiger partial charge on any atom is 0.283 e. The van der Waals surface area contributed by atoms with Crippen molar-refractivity contribution in [1.29, 1.82) is 0 Å². The van der Waals surface area contributed by atoms with Crippen LogP contribution in [0.25, 0.3) is 11.7 Å². The Bertz CT molecular complexity index is 485. The van der Waals surface area contributed by atoms with Crippen molar-refractivity contribution in [3.63, 3.8) is 0 Å². The number of nitrogens with zero attached hydrogens (tertiary/aromatic N) is 2. The summed E-state index contributed by atoms with van der Waals surface area (Å²) < 4.78 is 11.4. The lowest BCUT2D eigenvalue weighted by Gasteiger charge is -2.03. The third-order valence-corrected chi connectivity index (χ3v) is 3.56. The van der Waals surface area contributed by atoms with Gasteiger partial charge in [0.05, 0.1) is 12.4 Å². The zero-order chi connectivity index (χ0) is 12.3. The van der Waals surface area contributed by atoms with Crippen molar-refractivity contribution in [2.24, 2.45) is 0 Å². The van der Waals surface area contributed by atoms with Crippen LogP contribution in [0.4, 0.5) is 0 Å². The van der Waals surface area contributed by atoms with Crippen molar-refractivity contribution in [3.05, 3.63) is 22.7 Å². The van der Waals surface area contributed by atoms with Crippen LogP contribution in [0, 0.1) is 0 Å². The van der Waals surface area contributed by atoms with E-state index in [1.54, 1.807) is 23.9 Å². The molecule has 92 valence electrons. The first-order chi connectivity index (χ1) is 8.19. The van der Waals surface area contributed by atoms with Gasteiger partial charge in [0, 0.05) is 5.25 Å². The molecule has 0 saturated heterocycles. The standard InChI is InChI=1S/C10H11BrN2O3S/c1-6(4-14)17-5-9-12-13-10(16-9)7-2-3-8(11)15-7/h2-3,6,14H,4-5H2,1H3. The number of aliphatic hydroxyl groups is 1. The zero-order valence-electron chi connectivity index (χ0n) is 9.09. The molecule has 7 heteroatoms. The fourth-order valence-electron chi connectivity index (χ4n) is 1.11. The molecule has 0 aromatic carbocycles. The predicted molar refractivity (Wildman–Crippen MR) is 67.5 cm³/mol. The van der Waals surface area contributed by atoms with Gasteiger partial charge in [-0.25, -0.2) is 0 Å². The Balaban J connectivity index is 2.01. The van der Waals surface area contributed by atoms with E-state index in [1.807, 2.05) is 6.92 Å². The first-order valence-electron chi connectivity index (χ1n) is 4.99. The van der Waals surface area contributed by atoms with Crippen LogP contribution in [0.1, 0.15) is 12.8 Å². The topological polar surface area (TPSA) is 72.3 Å². The number of aliphatic hydroxyl groups excluding tert-OH is 1. The molecular formula is C10H11BrN2O3S. The summed E-state index contributed by atoms with van der Waals surface area (Å²) in [7, 11) is 0. The number of rotatable bonds is 5. The van der Waals surface area contributed by atoms with E-state index in [4.69, 9.17) is 13.9 Å². The summed E-state index contributed by atoms with van der Waals surface area (Å²) in [5.74, 6) is 2.01. The summed E-state index contributed by atoms with van der Waals surface area (Å²) in [6.07, 6.45) is 0. The SMILES string of the molecule is CC(CO)SCc1nnc(-c2ccc(Br)o2)o1. The number of halogens is 1. The second-order valence-corrected chi connectivity index (χ2v) is 5.62. The second kappa shape index (κ2) is 5.70. The number of thioether (sulfide) groups is 1. The molecule has 0 bridgehead atoms. The van der Waals surface area contributed by atoms with Crippen LogP contribution in [0.2, 0.25) is 0 Å². The normalized spacial score (nSPS) is 12.9. The van der Waals surface area contributed by atoms with Gasteiger partial charge < -0.3 is 13.9 Å². The molecule has 5 nitrogen and oxygen atoms in total. The van der Waals surface area contributed by atoms with Crippen LogP contribution in [-0.4, -0.2) is 27.2 Å². The third kappa shape index (κ3) is 3.34. The van der Waals surface area contributed by atoms with E-state index < -0.39 is 0 Å². The zero-order valence-corrected chi connectivity index (χ0v) is 11.5. The van der Waals surface area contributed by atoms with Crippen molar-refractivity contribution in [3.8, 4) is 11.7 Å². The van der Waals surface area contributed by atoms with Gasteiger partial charge in [-0.3, -0.25) is 0 Å². The van der Waals surface area contributed by atoms with Gasteiger partial charge in [0.15, 0.2) is 10.4 Å². The van der Waals surface area contributed by atoms with Gasteiger partial charge in [-0.05, 0) is 28.1 Å². The van der Waals surface area contributed by atoms with Crippen LogP contribution in [0.3, 0.4) is 0 Å². The molecule has 0 fully saturated rings. The molecule has 0 aliphatic carbocycles. The molecule has 1 unspecified atom stereocenters. The average molecular weight is 319 g/mol. The quantitative estimate of drug-likeness (QED) is 0.913. The van der Waals surface area contributed by atoms with Crippen LogP contribution in [0.5, 0.6) is 0 Å². The highest BCUT2D eigenvalue weighted by molar-refractivity contribution is 9.10. The molecule has 2 aromatic heterocycles. The number of aromatic nitrogens is 2. The van der Waals surface area contributed by atoms with Crippen LogP contribution < -0.4 is 0 Å². The van der Waals surface area contributed by atoms with Crippen molar-refractivity contribution >= 4 is 27.7 Å². The van der Waals surface area contributed by atoms with Crippen LogP contribution >= 0.6 is 27.7 Å². The molecule has 1 atom stereocenters. The summed E-state index contributed by atoms with van der Waals surface area (Å²) in [5, 5.41) is 16.9. The van der Waals surface area contributed by atoms with Crippen molar-refractivity contribution < 1.29 is 13.9 Å². The van der Waals surface area contributed by atoms with Gasteiger partial charge in [-0.15, -0.1) is 22.0 Å². The van der Waals surface area contributed by atoms with E-state index >= 15 is 0 Å². The lowest BCUT2D eigenvalue weighted by Crippen LogP contribution is -2.02. The number of hydrogen-bond donors (Lipinski definition) is 1. The first-order valence-corrected chi connectivity index (χ1v) is 6.83. The van der Waals surface area contributed by atoms with E-state index in [1.165, 1.54) is 0 Å². The Labute approximate surface area is 111 Å². The molecule has 2 aromatic rings. The summed E-state index contributed by atoms with van der Waals surface area (Å²) in [4.78, 5) is 0. The molecule has 2 heterocycles. The second-order valence-electron chi connectivity index (χ2n) is 3.41. The van der Waals surface area contributed by atoms with Gasteiger partial charge in [0.25, 0.3) is 5.89 Å². The summed E-state index contributed by atoms with van der Waals surface area (Å²) in [6.45, 7) is 2.07. The van der Waals surface area contributed by atoms with Crippen molar-refractivity contribution in [2.45, 2.75) is 17.9 Å². The maximum absolute atomic E-state index is 8.89. The molecule has 0 amide bonds. The molecule has 2 rings (SSSR count). The van der Waals surface area contributed by atoms with E-state index in [2.05, 4.69) is 26.1 Å². The van der Waals surface area contributed by atoms with Crippen molar-refractivity contribution in [2.75, 3.05) is 6.61 Å². The lowest BCUT2D eigenvalue weighted by molar-refractivity contribution is 0.300. The minimum Gasteiger partial charge on any atom is -0.444 e. The highest BCUT2D eigenvalue weighted by Gasteiger charge is 2.13. The minimum absolute atomic E-state index is 0.136. The fraction of sp³-hybridized carbons (Fsp3) is 0.400. The molecule has 0 aliphatic heterocycles. The van der Waals surface area contributed by atoms with Gasteiger partial charge in [-0.2, -0.15) is 0 Å². The molecule has 0 aliphatic rings. The Morgan fingerprint density at radius 2 is 2.24 bits per heavy atom. The van der Waals surface area contributed by atoms with Gasteiger partial charge in [0.1, 0.15) is 0 Å². The Morgan fingerprint density at radius 1 is 1.41 bits per heavy atom. The largest absolute Gasteiger partial charge is 0.444 e. The lowest BCUT2D eigenvalue weighted by atomic mass is 10.5. The average Bonchev–Trinajstić information content (AvgIpc) is 2.94. The Kier molecular flexibility index (Phi) is 4.25. The number of hydrogen-bond acceptors (Lipinski definition) is 6. The van der Waals surface area contributed by atoms with Gasteiger partial charge >= 0.3 is 0 Å². The number of furan rings is 1. The fourth-order valence-corrected chi connectivity index (χ4v) is 2.06. The molecule has 0 radical (unpaired) electrons. The van der Waals surface area contributed by atoms with E-state index in [-0.39, 0.29) is 11.9 Å². The summed E-state index contributed by atoms with van der Waals surface area (Å²) in [5.41, 5.74) is 0. The van der Waals surface area contributed by atoms with E-state index in [0.29, 0.717) is 28.0 Å². The summed E-state index contributed by atoms with van der Waals surface area (Å²) in [6, 6.07) is 3.52. The maximum atomic E-state index is 8.89. The Hall–Kier alpha value is -0.790. The molecule has 17 heavy (non-hydrogen) atoms. The van der Waals surface area contributed by atoms with E-state index in [0.717, 1.165) is 0 Å². The monoisotopic (exact) mass is 318 g/mol. The van der Waals surface area contributed by atoms with Crippen LogP contribution in [-0.2, 0) is 5.75 Å². The van der Waals surface area contributed by atoms with Gasteiger partial charge in [-0.1, -0.05) is 6.92 Å². The highest BCUT2D eigenvalue weighted by Crippen LogP contribution is 2.25. The highest BCUT2D eigenvalue weighted by atomic mass is 79.9. The molecule has 1 N–H and O–H groups in total. The summed E-state index contributed by atoms with van der Waals surface area (Å²) >= 11 is 4.76. The van der Waals surface area contributed by atoms with Crippen LogP contribution in [0.15, 0.2) is 25.6 Å². The molecular weight excluding hydrogens is 308 g/mol. The predicted octanol–water partition coefficient (Wildman–Crippen LogP) is 2.71. The third-order valence-electron chi connectivity index (χ3n) is 2.00. The minimum atomic E-state index is 0.136. The molecule has 0 saturated carbocycles. The van der Waals surface area contributed by atoms with Crippen molar-refractivity contribution in [1.82, 2.24) is 10.2 Å². The first kappa shape index (κ1) is 12.7. The smallest absolute Gasteiger partial charge is 0.283 e. The molecule has 0 spiro atoms. The van der Waals surface area contributed by atoms with Gasteiger partial charge in [0.2, 0.25) is 5.89 Å².